The Kier molecular flexibility index (Phi) is 3.55. The zero-order valence-electron chi connectivity index (χ0n) is 13.2. The minimum Gasteiger partial charge on any atom is -0.480 e. The number of aromatic nitrogens is 2. The Morgan fingerprint density at radius 1 is 1.08 bits per heavy atom. The number of ether oxygens (including phenoxy) is 1. The number of hydrogen-bond acceptors (Lipinski definition) is 4. The maximum Gasteiger partial charge on any atom is 0.238 e. The average Bonchev–Trinajstić information content (AvgIpc) is 3.26. The van der Waals surface area contributed by atoms with Gasteiger partial charge in [0.2, 0.25) is 5.88 Å². The predicted octanol–water partition coefficient (Wildman–Crippen LogP) is 3.68. The molecule has 0 saturated carbocycles. The second-order valence-corrected chi connectivity index (χ2v) is 5.54. The van der Waals surface area contributed by atoms with Crippen molar-refractivity contribution in [2.24, 2.45) is 5.73 Å². The van der Waals surface area contributed by atoms with Crippen LogP contribution in [0.2, 0.25) is 0 Å². The molecule has 0 amide bonds. The van der Waals surface area contributed by atoms with E-state index in [-0.39, 0.29) is 0 Å². The Morgan fingerprint density at radius 2 is 1.83 bits per heavy atom. The van der Waals surface area contributed by atoms with Gasteiger partial charge in [-0.15, -0.1) is 5.10 Å². The van der Waals surface area contributed by atoms with Gasteiger partial charge < -0.3 is 14.9 Å². The molecule has 24 heavy (non-hydrogen) atoms. The Hall–Kier alpha value is -3.05. The zero-order chi connectivity index (χ0) is 16.5. The molecule has 4 aromatic rings. The molecule has 0 aliphatic heterocycles. The van der Waals surface area contributed by atoms with Crippen LogP contribution < -0.4 is 10.5 Å². The summed E-state index contributed by atoms with van der Waals surface area (Å²) in [6.45, 7) is 0. The van der Waals surface area contributed by atoms with E-state index >= 15 is 0 Å². The molecule has 1 atom stereocenters. The lowest BCUT2D eigenvalue weighted by Gasteiger charge is -2.08. The Morgan fingerprint density at radius 3 is 2.62 bits per heavy atom. The highest BCUT2D eigenvalue weighted by Crippen LogP contribution is 2.33. The van der Waals surface area contributed by atoms with Crippen molar-refractivity contribution in [3.05, 3.63) is 78.4 Å². The van der Waals surface area contributed by atoms with E-state index in [0.717, 1.165) is 22.0 Å². The van der Waals surface area contributed by atoms with Gasteiger partial charge in [0.1, 0.15) is 5.76 Å². The molecule has 0 radical (unpaired) electrons. The summed E-state index contributed by atoms with van der Waals surface area (Å²) in [4.78, 5) is 0. The van der Waals surface area contributed by atoms with Crippen LogP contribution in [0.15, 0.2) is 71.5 Å². The normalized spacial score (nSPS) is 12.4. The number of hydrogen-bond donors (Lipinski definition) is 1. The van der Waals surface area contributed by atoms with Crippen molar-refractivity contribution in [3.8, 4) is 11.6 Å². The van der Waals surface area contributed by atoms with E-state index in [1.807, 2.05) is 60.8 Å². The molecule has 2 aromatic heterocycles. The van der Waals surface area contributed by atoms with Gasteiger partial charge in [0.05, 0.1) is 30.7 Å². The van der Waals surface area contributed by atoms with Crippen molar-refractivity contribution in [1.29, 1.82) is 0 Å². The molecule has 0 spiro atoms. The van der Waals surface area contributed by atoms with Gasteiger partial charge in [0, 0.05) is 17.0 Å². The van der Waals surface area contributed by atoms with E-state index in [9.17, 15) is 0 Å². The van der Waals surface area contributed by atoms with Crippen molar-refractivity contribution in [3.63, 3.8) is 0 Å². The SMILES string of the molecule is COc1nn(-c2ccccc2)cc1C(N)c1occ2ccccc12. The molecular formula is C19H17N3O2. The molecule has 0 aliphatic rings. The summed E-state index contributed by atoms with van der Waals surface area (Å²) >= 11 is 0. The van der Waals surface area contributed by atoms with Gasteiger partial charge in [-0.3, -0.25) is 0 Å². The van der Waals surface area contributed by atoms with Crippen LogP contribution in [0.4, 0.5) is 0 Å². The van der Waals surface area contributed by atoms with Gasteiger partial charge in [0.25, 0.3) is 0 Å². The molecule has 2 N–H and O–H groups in total. The standard InChI is InChI=1S/C19H17N3O2/c1-23-19-16(11-22(21-19)14-8-3-2-4-9-14)17(20)18-15-10-6-5-7-13(15)12-24-18/h2-12,17H,20H2,1H3. The number of furan rings is 1. The molecule has 2 aromatic carbocycles. The zero-order valence-corrected chi connectivity index (χ0v) is 13.2. The summed E-state index contributed by atoms with van der Waals surface area (Å²) < 4.78 is 12.9. The number of nitrogens with zero attached hydrogens (tertiary/aromatic N) is 2. The van der Waals surface area contributed by atoms with Gasteiger partial charge >= 0.3 is 0 Å². The second-order valence-electron chi connectivity index (χ2n) is 5.54. The maximum atomic E-state index is 6.47. The molecule has 0 saturated heterocycles. The molecule has 5 heteroatoms. The minimum atomic E-state index is -0.461. The Balaban J connectivity index is 1.79. The van der Waals surface area contributed by atoms with Gasteiger partial charge in [-0.2, -0.15) is 0 Å². The molecule has 0 bridgehead atoms. The second kappa shape index (κ2) is 5.86. The summed E-state index contributed by atoms with van der Waals surface area (Å²) in [5, 5.41) is 6.51. The lowest BCUT2D eigenvalue weighted by molar-refractivity contribution is 0.385. The molecule has 1 unspecified atom stereocenters. The van der Waals surface area contributed by atoms with Crippen molar-refractivity contribution in [2.45, 2.75) is 6.04 Å². The van der Waals surface area contributed by atoms with Crippen LogP contribution in [-0.4, -0.2) is 16.9 Å². The summed E-state index contributed by atoms with van der Waals surface area (Å²) in [6, 6.07) is 17.3. The summed E-state index contributed by atoms with van der Waals surface area (Å²) in [5.41, 5.74) is 8.19. The van der Waals surface area contributed by atoms with Crippen LogP contribution in [-0.2, 0) is 0 Å². The smallest absolute Gasteiger partial charge is 0.238 e. The topological polar surface area (TPSA) is 66.2 Å². The van der Waals surface area contributed by atoms with Gasteiger partial charge in [0.15, 0.2) is 0 Å². The van der Waals surface area contributed by atoms with Crippen molar-refractivity contribution >= 4 is 10.8 Å². The van der Waals surface area contributed by atoms with Crippen LogP contribution in [0.25, 0.3) is 16.5 Å². The van der Waals surface area contributed by atoms with E-state index in [1.54, 1.807) is 18.1 Å². The number of benzene rings is 2. The first-order valence-electron chi connectivity index (χ1n) is 7.68. The average molecular weight is 319 g/mol. The van der Waals surface area contributed by atoms with Gasteiger partial charge in [-0.05, 0) is 12.1 Å². The molecule has 4 rings (SSSR count). The van der Waals surface area contributed by atoms with Crippen LogP contribution in [0.3, 0.4) is 0 Å². The predicted molar refractivity (Wildman–Crippen MR) is 92.4 cm³/mol. The third-order valence-corrected chi connectivity index (χ3v) is 4.08. The fourth-order valence-electron chi connectivity index (χ4n) is 2.85. The summed E-state index contributed by atoms with van der Waals surface area (Å²) in [7, 11) is 1.59. The lowest BCUT2D eigenvalue weighted by Crippen LogP contribution is -2.11. The molecule has 2 heterocycles. The van der Waals surface area contributed by atoms with Crippen LogP contribution in [0, 0.1) is 0 Å². The highest BCUT2D eigenvalue weighted by Gasteiger charge is 2.23. The number of fused-ring (bicyclic) bond motifs is 1. The van der Waals surface area contributed by atoms with Crippen LogP contribution in [0.5, 0.6) is 5.88 Å². The van der Waals surface area contributed by atoms with E-state index in [4.69, 9.17) is 14.9 Å². The summed E-state index contributed by atoms with van der Waals surface area (Å²) in [5.74, 6) is 1.20. The van der Waals surface area contributed by atoms with E-state index < -0.39 is 6.04 Å². The maximum absolute atomic E-state index is 6.47. The monoisotopic (exact) mass is 319 g/mol. The molecule has 0 aliphatic carbocycles. The highest BCUT2D eigenvalue weighted by molar-refractivity contribution is 5.84. The quantitative estimate of drug-likeness (QED) is 0.623. The van der Waals surface area contributed by atoms with E-state index in [0.29, 0.717) is 11.6 Å². The number of nitrogens with two attached hydrogens (primary N) is 1. The number of para-hydroxylation sites is 1. The highest BCUT2D eigenvalue weighted by atomic mass is 16.5. The molecule has 0 fully saturated rings. The third kappa shape index (κ3) is 2.35. The summed E-state index contributed by atoms with van der Waals surface area (Å²) in [6.07, 6.45) is 3.61. The van der Waals surface area contributed by atoms with Gasteiger partial charge in [-0.1, -0.05) is 42.5 Å². The number of methoxy groups -OCH3 is 1. The van der Waals surface area contributed by atoms with Crippen molar-refractivity contribution in [1.82, 2.24) is 9.78 Å². The number of rotatable bonds is 4. The first-order chi connectivity index (χ1) is 11.8. The lowest BCUT2D eigenvalue weighted by atomic mass is 10.0. The fraction of sp³-hybridized carbons (Fsp3) is 0.105. The van der Waals surface area contributed by atoms with Crippen LogP contribution in [0.1, 0.15) is 17.4 Å². The Bertz CT molecular complexity index is 973. The Labute approximate surface area is 139 Å². The third-order valence-electron chi connectivity index (χ3n) is 4.08. The van der Waals surface area contributed by atoms with Crippen molar-refractivity contribution in [2.75, 3.05) is 7.11 Å². The van der Waals surface area contributed by atoms with E-state index in [1.165, 1.54) is 0 Å². The fourth-order valence-corrected chi connectivity index (χ4v) is 2.85. The minimum absolute atomic E-state index is 0.461. The molecule has 5 nitrogen and oxygen atoms in total. The van der Waals surface area contributed by atoms with Gasteiger partial charge in [-0.25, -0.2) is 4.68 Å². The molecular weight excluding hydrogens is 302 g/mol. The first kappa shape index (κ1) is 14.5. The first-order valence-corrected chi connectivity index (χ1v) is 7.68. The van der Waals surface area contributed by atoms with E-state index in [2.05, 4.69) is 5.10 Å². The van der Waals surface area contributed by atoms with Crippen LogP contribution >= 0.6 is 0 Å². The van der Waals surface area contributed by atoms with Crippen molar-refractivity contribution < 1.29 is 9.15 Å². The largest absolute Gasteiger partial charge is 0.480 e. The molecule has 120 valence electrons.